The Morgan fingerprint density at radius 1 is 1.50 bits per heavy atom. The molecule has 84 valence electrons. The summed E-state index contributed by atoms with van der Waals surface area (Å²) in [5.74, 6) is 0.799. The number of ether oxygens (including phenoxy) is 1. The summed E-state index contributed by atoms with van der Waals surface area (Å²) in [5, 5.41) is 3.23. The highest BCUT2D eigenvalue weighted by Gasteiger charge is 2.21. The zero-order chi connectivity index (χ0) is 10.4. The molecule has 1 saturated heterocycles. The Morgan fingerprint density at radius 2 is 2.29 bits per heavy atom. The number of rotatable bonds is 5. The quantitative estimate of drug-likeness (QED) is 0.715. The van der Waals surface area contributed by atoms with Gasteiger partial charge in [0.15, 0.2) is 0 Å². The second kappa shape index (κ2) is 6.38. The van der Waals surface area contributed by atoms with Gasteiger partial charge in [-0.2, -0.15) is 0 Å². The van der Waals surface area contributed by atoms with Crippen LogP contribution in [0.1, 0.15) is 20.3 Å². The van der Waals surface area contributed by atoms with Crippen LogP contribution in [0.5, 0.6) is 0 Å². The van der Waals surface area contributed by atoms with Crippen LogP contribution in [0.4, 0.5) is 0 Å². The third-order valence-electron chi connectivity index (χ3n) is 2.78. The van der Waals surface area contributed by atoms with E-state index in [0.29, 0.717) is 6.04 Å². The Balaban J connectivity index is 2.30. The van der Waals surface area contributed by atoms with Crippen molar-refractivity contribution >= 4 is 0 Å². The normalized spacial score (nSPS) is 24.4. The van der Waals surface area contributed by atoms with E-state index in [9.17, 15) is 0 Å². The predicted octanol–water partition coefficient (Wildman–Crippen LogP) is 0.953. The molecule has 1 aliphatic rings. The molecule has 0 aromatic rings. The minimum absolute atomic E-state index is 0.576. The fourth-order valence-corrected chi connectivity index (χ4v) is 1.83. The van der Waals surface area contributed by atoms with Crippen molar-refractivity contribution in [1.29, 1.82) is 0 Å². The van der Waals surface area contributed by atoms with Crippen LogP contribution in [0.2, 0.25) is 0 Å². The number of morpholine rings is 1. The number of nitrogens with one attached hydrogen (secondary N) is 1. The van der Waals surface area contributed by atoms with Gasteiger partial charge in [-0.15, -0.1) is 0 Å². The van der Waals surface area contributed by atoms with Gasteiger partial charge in [0.2, 0.25) is 0 Å². The van der Waals surface area contributed by atoms with Crippen LogP contribution in [0.15, 0.2) is 0 Å². The number of hydrogen-bond donors (Lipinski definition) is 1. The molecular weight excluding hydrogens is 176 g/mol. The van der Waals surface area contributed by atoms with Gasteiger partial charge in [-0.05, 0) is 25.9 Å². The second-order valence-corrected chi connectivity index (χ2v) is 4.50. The van der Waals surface area contributed by atoms with Crippen molar-refractivity contribution in [3.63, 3.8) is 0 Å². The first-order valence-electron chi connectivity index (χ1n) is 5.70. The van der Waals surface area contributed by atoms with Crippen LogP contribution < -0.4 is 5.32 Å². The highest BCUT2D eigenvalue weighted by atomic mass is 16.5. The highest BCUT2D eigenvalue weighted by molar-refractivity contribution is 4.76. The Labute approximate surface area is 87.8 Å². The second-order valence-electron chi connectivity index (χ2n) is 4.50. The fourth-order valence-electron chi connectivity index (χ4n) is 1.83. The molecule has 3 nitrogen and oxygen atoms in total. The summed E-state index contributed by atoms with van der Waals surface area (Å²) in [6.07, 6.45) is 1.29. The fraction of sp³-hybridized carbons (Fsp3) is 1.00. The molecule has 0 bridgehead atoms. The van der Waals surface area contributed by atoms with Crippen molar-refractivity contribution in [3.05, 3.63) is 0 Å². The summed E-state index contributed by atoms with van der Waals surface area (Å²) in [7, 11) is 2.01. The summed E-state index contributed by atoms with van der Waals surface area (Å²) in [4.78, 5) is 2.56. The number of likely N-dealkylation sites (N-methyl/N-ethyl adjacent to an activating group) is 1. The van der Waals surface area contributed by atoms with Crippen LogP contribution in [-0.2, 0) is 4.74 Å². The maximum Gasteiger partial charge on any atom is 0.0634 e. The molecule has 14 heavy (non-hydrogen) atoms. The van der Waals surface area contributed by atoms with E-state index in [1.165, 1.54) is 13.0 Å². The van der Waals surface area contributed by atoms with Gasteiger partial charge in [-0.1, -0.05) is 13.8 Å². The van der Waals surface area contributed by atoms with Gasteiger partial charge in [0.05, 0.1) is 13.2 Å². The molecule has 1 rings (SSSR count). The zero-order valence-corrected chi connectivity index (χ0v) is 9.75. The molecule has 1 N–H and O–H groups in total. The van der Waals surface area contributed by atoms with Crippen LogP contribution in [0.25, 0.3) is 0 Å². The molecule has 0 radical (unpaired) electrons. The molecular formula is C11H24N2O. The van der Waals surface area contributed by atoms with E-state index in [4.69, 9.17) is 4.74 Å². The lowest BCUT2D eigenvalue weighted by atomic mass is 10.1. The summed E-state index contributed by atoms with van der Waals surface area (Å²) in [5.41, 5.74) is 0. The first kappa shape index (κ1) is 12.0. The van der Waals surface area contributed by atoms with E-state index in [2.05, 4.69) is 24.1 Å². The van der Waals surface area contributed by atoms with Gasteiger partial charge in [0.1, 0.15) is 0 Å². The summed E-state index contributed by atoms with van der Waals surface area (Å²) < 4.78 is 5.49. The molecule has 1 heterocycles. The van der Waals surface area contributed by atoms with Crippen LogP contribution in [0.3, 0.4) is 0 Å². The number of hydrogen-bond acceptors (Lipinski definition) is 3. The maximum atomic E-state index is 5.49. The lowest BCUT2D eigenvalue weighted by molar-refractivity contribution is -0.00787. The zero-order valence-electron chi connectivity index (χ0n) is 9.75. The largest absolute Gasteiger partial charge is 0.378 e. The highest BCUT2D eigenvalue weighted by Crippen LogP contribution is 2.09. The van der Waals surface area contributed by atoms with Gasteiger partial charge in [-0.3, -0.25) is 4.90 Å². The average Bonchev–Trinajstić information content (AvgIpc) is 2.17. The molecule has 0 aliphatic carbocycles. The minimum Gasteiger partial charge on any atom is -0.378 e. The SMILES string of the molecule is CNCC1COCCN1CCC(C)C. The van der Waals surface area contributed by atoms with Crippen LogP contribution in [-0.4, -0.2) is 50.8 Å². The lowest BCUT2D eigenvalue weighted by Crippen LogP contribution is -2.50. The Kier molecular flexibility index (Phi) is 5.45. The van der Waals surface area contributed by atoms with E-state index in [1.54, 1.807) is 0 Å². The first-order chi connectivity index (χ1) is 6.74. The molecule has 1 aliphatic heterocycles. The minimum atomic E-state index is 0.576. The first-order valence-corrected chi connectivity index (χ1v) is 5.70. The van der Waals surface area contributed by atoms with Crippen molar-refractivity contribution < 1.29 is 4.74 Å². The topological polar surface area (TPSA) is 24.5 Å². The van der Waals surface area contributed by atoms with Gasteiger partial charge >= 0.3 is 0 Å². The standard InChI is InChI=1S/C11H24N2O/c1-10(2)4-5-13-6-7-14-9-11(13)8-12-3/h10-12H,4-9H2,1-3H3. The van der Waals surface area contributed by atoms with Crippen molar-refractivity contribution in [2.24, 2.45) is 5.92 Å². The Bertz CT molecular complexity index is 148. The molecule has 0 saturated carbocycles. The van der Waals surface area contributed by atoms with Crippen LogP contribution in [0, 0.1) is 5.92 Å². The van der Waals surface area contributed by atoms with Crippen molar-refractivity contribution in [3.8, 4) is 0 Å². The molecule has 0 aromatic heterocycles. The van der Waals surface area contributed by atoms with Crippen molar-refractivity contribution in [2.45, 2.75) is 26.3 Å². The summed E-state index contributed by atoms with van der Waals surface area (Å²) in [6.45, 7) is 9.71. The summed E-state index contributed by atoms with van der Waals surface area (Å²) >= 11 is 0. The Morgan fingerprint density at radius 3 is 2.93 bits per heavy atom. The average molecular weight is 200 g/mol. The van der Waals surface area contributed by atoms with Crippen molar-refractivity contribution in [1.82, 2.24) is 10.2 Å². The Hall–Kier alpha value is -0.120. The van der Waals surface area contributed by atoms with Gasteiger partial charge < -0.3 is 10.1 Å². The van der Waals surface area contributed by atoms with E-state index < -0.39 is 0 Å². The smallest absolute Gasteiger partial charge is 0.0634 e. The van der Waals surface area contributed by atoms with E-state index in [1.807, 2.05) is 7.05 Å². The molecule has 0 spiro atoms. The molecule has 0 amide bonds. The van der Waals surface area contributed by atoms with Gasteiger partial charge in [0, 0.05) is 19.1 Å². The predicted molar refractivity (Wildman–Crippen MR) is 59.6 cm³/mol. The molecule has 3 heteroatoms. The van der Waals surface area contributed by atoms with Gasteiger partial charge in [0.25, 0.3) is 0 Å². The van der Waals surface area contributed by atoms with Crippen LogP contribution >= 0.6 is 0 Å². The molecule has 1 fully saturated rings. The number of nitrogens with zero attached hydrogens (tertiary/aromatic N) is 1. The maximum absolute atomic E-state index is 5.49. The van der Waals surface area contributed by atoms with E-state index >= 15 is 0 Å². The molecule has 0 aromatic carbocycles. The monoisotopic (exact) mass is 200 g/mol. The van der Waals surface area contributed by atoms with E-state index in [0.717, 1.165) is 32.2 Å². The van der Waals surface area contributed by atoms with Gasteiger partial charge in [-0.25, -0.2) is 0 Å². The van der Waals surface area contributed by atoms with E-state index in [-0.39, 0.29) is 0 Å². The molecule has 1 unspecified atom stereocenters. The lowest BCUT2D eigenvalue weighted by Gasteiger charge is -2.35. The van der Waals surface area contributed by atoms with Crippen molar-refractivity contribution in [2.75, 3.05) is 39.9 Å². The summed E-state index contributed by atoms with van der Waals surface area (Å²) in [6, 6.07) is 0.576. The third-order valence-corrected chi connectivity index (χ3v) is 2.78. The molecule has 1 atom stereocenters. The third kappa shape index (κ3) is 3.95.